The second kappa shape index (κ2) is 4.78. The van der Waals surface area contributed by atoms with E-state index in [1.54, 1.807) is 13.2 Å². The molecular formula is C17H15NO. The van der Waals surface area contributed by atoms with E-state index in [9.17, 15) is 0 Å². The number of methoxy groups -OCH3 is 1. The fraction of sp³-hybridized carbons (Fsp3) is 0.235. The SMILES string of the molecule is COc1ccc(C#N)cc1-c1ccc(C2CC2)cc1. The van der Waals surface area contributed by atoms with Gasteiger partial charge in [-0.15, -0.1) is 0 Å². The molecule has 2 nitrogen and oxygen atoms in total. The van der Waals surface area contributed by atoms with Crippen molar-refractivity contribution in [3.05, 3.63) is 53.6 Å². The standard InChI is InChI=1S/C17H15NO/c1-19-17-9-2-12(11-18)10-16(17)15-7-5-14(6-8-15)13-3-4-13/h2,5-10,13H,3-4H2,1H3. The summed E-state index contributed by atoms with van der Waals surface area (Å²) in [6.07, 6.45) is 2.62. The lowest BCUT2D eigenvalue weighted by molar-refractivity contribution is 0.416. The van der Waals surface area contributed by atoms with Crippen molar-refractivity contribution in [2.75, 3.05) is 7.11 Å². The lowest BCUT2D eigenvalue weighted by atomic mass is 10.00. The van der Waals surface area contributed by atoms with Crippen LogP contribution in [0.3, 0.4) is 0 Å². The summed E-state index contributed by atoms with van der Waals surface area (Å²) in [6.45, 7) is 0. The number of nitriles is 1. The summed E-state index contributed by atoms with van der Waals surface area (Å²) in [5.74, 6) is 1.57. The van der Waals surface area contributed by atoms with E-state index in [0.717, 1.165) is 22.8 Å². The molecule has 1 aliphatic carbocycles. The van der Waals surface area contributed by atoms with E-state index in [1.165, 1.54) is 18.4 Å². The Kier molecular flexibility index (Phi) is 2.97. The Morgan fingerprint density at radius 2 is 1.84 bits per heavy atom. The largest absolute Gasteiger partial charge is 0.496 e. The number of hydrogen-bond acceptors (Lipinski definition) is 2. The number of nitrogens with zero attached hydrogens (tertiary/aromatic N) is 1. The third-order valence-corrected chi connectivity index (χ3v) is 3.60. The summed E-state index contributed by atoms with van der Waals surface area (Å²) < 4.78 is 5.38. The van der Waals surface area contributed by atoms with E-state index in [1.807, 2.05) is 12.1 Å². The van der Waals surface area contributed by atoms with Gasteiger partial charge in [-0.05, 0) is 48.1 Å². The molecule has 1 fully saturated rings. The van der Waals surface area contributed by atoms with Gasteiger partial charge >= 0.3 is 0 Å². The molecule has 1 aliphatic rings. The first-order valence-corrected chi connectivity index (χ1v) is 6.50. The minimum atomic E-state index is 0.655. The first kappa shape index (κ1) is 11.8. The first-order valence-electron chi connectivity index (χ1n) is 6.50. The fourth-order valence-electron chi connectivity index (χ4n) is 2.35. The maximum Gasteiger partial charge on any atom is 0.126 e. The summed E-state index contributed by atoms with van der Waals surface area (Å²) in [6, 6.07) is 16.3. The lowest BCUT2D eigenvalue weighted by Gasteiger charge is -2.09. The van der Waals surface area contributed by atoms with Crippen LogP contribution in [0.5, 0.6) is 5.75 Å². The van der Waals surface area contributed by atoms with Crippen LogP contribution in [0.25, 0.3) is 11.1 Å². The van der Waals surface area contributed by atoms with Gasteiger partial charge in [0.05, 0.1) is 18.7 Å². The molecule has 1 saturated carbocycles. The predicted octanol–water partition coefficient (Wildman–Crippen LogP) is 4.11. The molecule has 0 spiro atoms. The number of ether oxygens (including phenoxy) is 1. The molecule has 2 aromatic carbocycles. The van der Waals surface area contributed by atoms with Gasteiger partial charge in [-0.1, -0.05) is 24.3 Å². The van der Waals surface area contributed by atoms with Crippen LogP contribution in [0.15, 0.2) is 42.5 Å². The molecule has 0 N–H and O–H groups in total. The minimum absolute atomic E-state index is 0.655. The second-order valence-electron chi connectivity index (χ2n) is 4.92. The van der Waals surface area contributed by atoms with Crippen molar-refractivity contribution >= 4 is 0 Å². The summed E-state index contributed by atoms with van der Waals surface area (Å²) in [4.78, 5) is 0. The number of hydrogen-bond donors (Lipinski definition) is 0. The van der Waals surface area contributed by atoms with Crippen LogP contribution in [-0.2, 0) is 0 Å². The van der Waals surface area contributed by atoms with Crippen molar-refractivity contribution in [3.63, 3.8) is 0 Å². The van der Waals surface area contributed by atoms with E-state index in [0.29, 0.717) is 5.56 Å². The van der Waals surface area contributed by atoms with Gasteiger partial charge in [0, 0.05) is 5.56 Å². The molecule has 0 saturated heterocycles. The smallest absolute Gasteiger partial charge is 0.126 e. The zero-order valence-electron chi connectivity index (χ0n) is 10.9. The molecule has 19 heavy (non-hydrogen) atoms. The Balaban J connectivity index is 2.02. The summed E-state index contributed by atoms with van der Waals surface area (Å²) in [7, 11) is 1.66. The Labute approximate surface area is 113 Å². The van der Waals surface area contributed by atoms with E-state index in [4.69, 9.17) is 10.00 Å². The topological polar surface area (TPSA) is 33.0 Å². The summed E-state index contributed by atoms with van der Waals surface area (Å²) >= 11 is 0. The first-order chi connectivity index (χ1) is 9.31. The average molecular weight is 249 g/mol. The second-order valence-corrected chi connectivity index (χ2v) is 4.92. The summed E-state index contributed by atoms with van der Waals surface area (Å²) in [5.41, 5.74) is 4.14. The quantitative estimate of drug-likeness (QED) is 0.820. The van der Waals surface area contributed by atoms with Gasteiger partial charge in [0.25, 0.3) is 0 Å². The van der Waals surface area contributed by atoms with Crippen LogP contribution in [0.4, 0.5) is 0 Å². The Morgan fingerprint density at radius 1 is 1.11 bits per heavy atom. The van der Waals surface area contributed by atoms with Crippen molar-refractivity contribution in [1.29, 1.82) is 5.26 Å². The molecule has 2 aromatic rings. The maximum absolute atomic E-state index is 9.01. The van der Waals surface area contributed by atoms with Crippen molar-refractivity contribution in [2.24, 2.45) is 0 Å². The van der Waals surface area contributed by atoms with Crippen LogP contribution in [-0.4, -0.2) is 7.11 Å². The average Bonchev–Trinajstić information content (AvgIpc) is 3.31. The van der Waals surface area contributed by atoms with E-state index in [2.05, 4.69) is 30.3 Å². The van der Waals surface area contributed by atoms with Gasteiger partial charge in [-0.3, -0.25) is 0 Å². The van der Waals surface area contributed by atoms with Crippen molar-refractivity contribution in [1.82, 2.24) is 0 Å². The highest BCUT2D eigenvalue weighted by atomic mass is 16.5. The molecule has 94 valence electrons. The van der Waals surface area contributed by atoms with E-state index < -0.39 is 0 Å². The Hall–Kier alpha value is -2.27. The van der Waals surface area contributed by atoms with Gasteiger partial charge in [0.2, 0.25) is 0 Å². The summed E-state index contributed by atoms with van der Waals surface area (Å²) in [5, 5.41) is 9.01. The molecule has 0 radical (unpaired) electrons. The molecular weight excluding hydrogens is 234 g/mol. The normalized spacial score (nSPS) is 13.9. The molecule has 0 bridgehead atoms. The third kappa shape index (κ3) is 2.32. The van der Waals surface area contributed by atoms with Gasteiger partial charge in [-0.2, -0.15) is 5.26 Å². The molecule has 0 heterocycles. The number of rotatable bonds is 3. The Morgan fingerprint density at radius 3 is 2.42 bits per heavy atom. The molecule has 3 rings (SSSR count). The Bertz CT molecular complexity index is 633. The van der Waals surface area contributed by atoms with Crippen LogP contribution in [0, 0.1) is 11.3 Å². The number of benzene rings is 2. The zero-order valence-corrected chi connectivity index (χ0v) is 10.9. The third-order valence-electron chi connectivity index (χ3n) is 3.60. The fourth-order valence-corrected chi connectivity index (χ4v) is 2.35. The van der Waals surface area contributed by atoms with Crippen LogP contribution in [0.1, 0.15) is 29.9 Å². The van der Waals surface area contributed by atoms with Crippen molar-refractivity contribution < 1.29 is 4.74 Å². The van der Waals surface area contributed by atoms with E-state index >= 15 is 0 Å². The lowest BCUT2D eigenvalue weighted by Crippen LogP contribution is -1.89. The van der Waals surface area contributed by atoms with Gasteiger partial charge in [0.15, 0.2) is 0 Å². The maximum atomic E-state index is 9.01. The monoisotopic (exact) mass is 249 g/mol. The van der Waals surface area contributed by atoms with Crippen LogP contribution in [0.2, 0.25) is 0 Å². The molecule has 2 heteroatoms. The molecule has 0 unspecified atom stereocenters. The molecule has 0 amide bonds. The van der Waals surface area contributed by atoms with Crippen molar-refractivity contribution in [2.45, 2.75) is 18.8 Å². The minimum Gasteiger partial charge on any atom is -0.496 e. The van der Waals surface area contributed by atoms with E-state index in [-0.39, 0.29) is 0 Å². The highest BCUT2D eigenvalue weighted by Crippen LogP contribution is 2.41. The van der Waals surface area contributed by atoms with Crippen LogP contribution < -0.4 is 4.74 Å². The van der Waals surface area contributed by atoms with Gasteiger partial charge in [0.1, 0.15) is 5.75 Å². The molecule has 0 aromatic heterocycles. The van der Waals surface area contributed by atoms with Crippen molar-refractivity contribution in [3.8, 4) is 22.9 Å². The highest BCUT2D eigenvalue weighted by Gasteiger charge is 2.23. The van der Waals surface area contributed by atoms with Gasteiger partial charge in [-0.25, -0.2) is 0 Å². The molecule has 0 atom stereocenters. The zero-order chi connectivity index (χ0) is 13.2. The molecule has 0 aliphatic heterocycles. The van der Waals surface area contributed by atoms with Gasteiger partial charge < -0.3 is 4.74 Å². The van der Waals surface area contributed by atoms with Crippen LogP contribution >= 0.6 is 0 Å². The highest BCUT2D eigenvalue weighted by molar-refractivity contribution is 5.72. The predicted molar refractivity (Wildman–Crippen MR) is 75.1 cm³/mol.